The van der Waals surface area contributed by atoms with Crippen LogP contribution < -0.4 is 19.6 Å². The second-order valence-electron chi connectivity index (χ2n) is 34.5. The maximum atomic E-state index is 6.54. The number of para-hydroxylation sites is 6. The van der Waals surface area contributed by atoms with E-state index >= 15 is 0 Å². The number of rotatable bonds is 18. The molecule has 0 unspecified atom stereocenters. The molecule has 0 bridgehead atoms. The Kier molecular flexibility index (Phi) is 22.8. The van der Waals surface area contributed by atoms with Crippen molar-refractivity contribution in [2.24, 2.45) is 0 Å². The van der Waals surface area contributed by atoms with Gasteiger partial charge in [-0.1, -0.05) is 413 Å². The van der Waals surface area contributed by atoms with Crippen molar-refractivity contribution in [2.45, 2.75) is 0 Å². The second-order valence-corrected chi connectivity index (χ2v) is 34.5. The van der Waals surface area contributed by atoms with Crippen LogP contribution >= 0.6 is 0 Å². The van der Waals surface area contributed by atoms with Crippen molar-refractivity contribution in [3.63, 3.8) is 0 Å². The Balaban J connectivity index is 0.000000116. The summed E-state index contributed by atoms with van der Waals surface area (Å²) in [5, 5.41) is 17.2. The molecule has 25 aromatic rings. The number of furan rings is 1. The van der Waals surface area contributed by atoms with E-state index < -0.39 is 0 Å². The number of benzene rings is 24. The van der Waals surface area contributed by atoms with Crippen molar-refractivity contribution < 1.29 is 4.42 Å². The summed E-state index contributed by atoms with van der Waals surface area (Å²) >= 11 is 0. The van der Waals surface area contributed by atoms with Crippen LogP contribution in [0.1, 0.15) is 0 Å². The molecule has 646 valence electrons. The average Bonchev–Trinajstić information content (AvgIpc) is 1.74. The minimum Gasteiger partial charge on any atom is -0.454 e. The van der Waals surface area contributed by atoms with Crippen LogP contribution in [0.25, 0.3) is 153 Å². The van der Waals surface area contributed by atoms with E-state index in [4.69, 9.17) is 4.42 Å². The molecular weight excluding hydrogens is 1660 g/mol. The lowest BCUT2D eigenvalue weighted by atomic mass is 9.89. The van der Waals surface area contributed by atoms with Crippen molar-refractivity contribution >= 4 is 155 Å². The normalized spacial score (nSPS) is 11.2. The van der Waals surface area contributed by atoms with Gasteiger partial charge in [-0.3, -0.25) is 0 Å². The van der Waals surface area contributed by atoms with E-state index in [-0.39, 0.29) is 0 Å². The standard InChI is InChI=1S/C50H35N.C44H32N2.C38H25NO/c1-4-12-36(13-5-1)38-20-27-43(28-21-38)51(44-29-22-39(23-30-44)37-14-6-2-7-15-37)45-31-24-42(25-32-45)46-34-35-48(40-16-8-3-9-17-40)50-47-19-11-10-18-41(47)26-33-49(46)50;1-5-15-35(16-6-1)45(36-17-7-2-8-18-36)39-28-25-33(26-29-39)43-31-34-27-30-40(32-44(34)42-24-14-13-23-41(42)43)46(37-19-9-3-10-20-37)38-21-11-4-12-22-38;1-2-10-26(11-3-1)27-20-23-29(24-21-27)39(36-18-9-16-34-33-14-6-7-19-37(33)40-38(34)36)35-17-8-15-31-30-13-5-4-12-28(30)22-25-32(31)35/h1-35H;1-32H;1-25H. The summed E-state index contributed by atoms with van der Waals surface area (Å²) in [5.74, 6) is 0. The molecule has 1 heterocycles. The molecule has 0 fully saturated rings. The van der Waals surface area contributed by atoms with Gasteiger partial charge in [0.15, 0.2) is 5.58 Å². The molecule has 0 amide bonds. The summed E-state index contributed by atoms with van der Waals surface area (Å²) in [6, 6.07) is 199. The van der Waals surface area contributed by atoms with Crippen LogP contribution in [0, 0.1) is 0 Å². The quantitative estimate of drug-likeness (QED) is 0.0798. The van der Waals surface area contributed by atoms with Gasteiger partial charge < -0.3 is 24.0 Å². The topological polar surface area (TPSA) is 26.1 Å². The van der Waals surface area contributed by atoms with Gasteiger partial charge in [-0.25, -0.2) is 0 Å². The number of anilines is 12. The van der Waals surface area contributed by atoms with E-state index in [2.05, 4.69) is 566 Å². The molecule has 0 aliphatic heterocycles. The minimum atomic E-state index is 0.883. The molecular formula is C132H92N4O. The van der Waals surface area contributed by atoms with Crippen LogP contribution in [0.2, 0.25) is 0 Å². The summed E-state index contributed by atoms with van der Waals surface area (Å²) in [6.07, 6.45) is 0. The van der Waals surface area contributed by atoms with Gasteiger partial charge in [-0.05, 0) is 272 Å². The Labute approximate surface area is 798 Å². The van der Waals surface area contributed by atoms with Crippen molar-refractivity contribution in [3.8, 4) is 66.8 Å². The van der Waals surface area contributed by atoms with Gasteiger partial charge in [-0.2, -0.15) is 0 Å². The van der Waals surface area contributed by atoms with E-state index in [9.17, 15) is 0 Å². The average molecular weight is 1750 g/mol. The molecule has 0 aliphatic rings. The third-order valence-corrected chi connectivity index (χ3v) is 26.3. The van der Waals surface area contributed by atoms with Crippen LogP contribution in [-0.4, -0.2) is 0 Å². The van der Waals surface area contributed by atoms with Crippen LogP contribution in [0.15, 0.2) is 563 Å². The van der Waals surface area contributed by atoms with E-state index in [0.29, 0.717) is 0 Å². The smallest absolute Gasteiger partial charge is 0.159 e. The van der Waals surface area contributed by atoms with E-state index in [1.165, 1.54) is 131 Å². The Hall–Kier alpha value is -18.2. The summed E-state index contributed by atoms with van der Waals surface area (Å²) in [4.78, 5) is 9.31. The van der Waals surface area contributed by atoms with Crippen LogP contribution in [0.5, 0.6) is 0 Å². The van der Waals surface area contributed by atoms with E-state index in [0.717, 1.165) is 90.2 Å². The predicted molar refractivity (Wildman–Crippen MR) is 583 cm³/mol. The molecule has 25 rings (SSSR count). The van der Waals surface area contributed by atoms with Gasteiger partial charge >= 0.3 is 0 Å². The van der Waals surface area contributed by atoms with Crippen LogP contribution in [0.3, 0.4) is 0 Å². The summed E-state index contributed by atoms with van der Waals surface area (Å²) in [5.41, 5.74) is 29.7. The lowest BCUT2D eigenvalue weighted by molar-refractivity contribution is 0.669. The second kappa shape index (κ2) is 37.6. The van der Waals surface area contributed by atoms with Gasteiger partial charge in [0.25, 0.3) is 0 Å². The molecule has 137 heavy (non-hydrogen) atoms. The van der Waals surface area contributed by atoms with Crippen molar-refractivity contribution in [1.29, 1.82) is 0 Å². The molecule has 0 saturated heterocycles. The maximum absolute atomic E-state index is 6.54. The first-order chi connectivity index (χ1) is 68.0. The molecule has 0 aliphatic carbocycles. The van der Waals surface area contributed by atoms with Crippen molar-refractivity contribution in [3.05, 3.63) is 558 Å². The number of hydrogen-bond donors (Lipinski definition) is 0. The van der Waals surface area contributed by atoms with Gasteiger partial charge in [0.1, 0.15) is 5.58 Å². The fourth-order valence-electron chi connectivity index (χ4n) is 19.8. The first-order valence-corrected chi connectivity index (χ1v) is 46.8. The van der Waals surface area contributed by atoms with Crippen molar-refractivity contribution in [1.82, 2.24) is 0 Å². The number of hydrogen-bond acceptors (Lipinski definition) is 5. The molecule has 1 aromatic heterocycles. The largest absolute Gasteiger partial charge is 0.454 e. The molecule has 0 N–H and O–H groups in total. The first kappa shape index (κ1) is 83.2. The van der Waals surface area contributed by atoms with Gasteiger partial charge in [0.05, 0.1) is 11.4 Å². The summed E-state index contributed by atoms with van der Waals surface area (Å²) < 4.78 is 6.54. The Bertz CT molecular complexity index is 8410. The molecule has 5 nitrogen and oxygen atoms in total. The number of nitrogens with zero attached hydrogens (tertiary/aromatic N) is 4. The zero-order valence-corrected chi connectivity index (χ0v) is 75.3. The molecule has 0 spiro atoms. The van der Waals surface area contributed by atoms with Gasteiger partial charge in [0.2, 0.25) is 0 Å². The minimum absolute atomic E-state index is 0.883. The summed E-state index contributed by atoms with van der Waals surface area (Å²) in [6.45, 7) is 0. The molecule has 0 saturated carbocycles. The number of fused-ring (bicyclic) bond motifs is 12. The third-order valence-electron chi connectivity index (χ3n) is 26.3. The van der Waals surface area contributed by atoms with Gasteiger partial charge in [-0.15, -0.1) is 0 Å². The highest BCUT2D eigenvalue weighted by atomic mass is 16.3. The fraction of sp³-hybridized carbons (Fsp3) is 0. The lowest BCUT2D eigenvalue weighted by Crippen LogP contribution is -2.10. The highest BCUT2D eigenvalue weighted by Gasteiger charge is 2.25. The summed E-state index contributed by atoms with van der Waals surface area (Å²) in [7, 11) is 0. The highest BCUT2D eigenvalue weighted by molar-refractivity contribution is 6.20. The predicted octanol–water partition coefficient (Wildman–Crippen LogP) is 37.8. The van der Waals surface area contributed by atoms with E-state index in [1.54, 1.807) is 0 Å². The Morgan fingerprint density at radius 3 is 0.927 bits per heavy atom. The third kappa shape index (κ3) is 16.7. The fourth-order valence-corrected chi connectivity index (χ4v) is 19.8. The zero-order valence-electron chi connectivity index (χ0n) is 75.3. The Morgan fingerprint density at radius 2 is 0.438 bits per heavy atom. The monoisotopic (exact) mass is 1750 g/mol. The molecule has 0 atom stereocenters. The molecule has 5 heteroatoms. The molecule has 0 radical (unpaired) electrons. The van der Waals surface area contributed by atoms with Crippen molar-refractivity contribution in [2.75, 3.05) is 19.6 Å². The first-order valence-electron chi connectivity index (χ1n) is 46.8. The molecule has 24 aromatic carbocycles. The SMILES string of the molecule is c1ccc(-c2ccc(N(c3ccc(-c4ccccc4)cc3)c3ccc(-c4ccc(-c5ccccc5)c5c4ccc4ccccc45)cc3)cc2)cc1.c1ccc(-c2ccc(N(c3cccc4c3ccc3ccccc34)c3cccc4c3oc3ccccc34)cc2)cc1.c1ccc(N(c2ccccc2)c2ccc(-c3cc4ccc(N(c5ccccc5)c5ccccc5)cc4c4ccccc34)cc2)cc1. The van der Waals surface area contributed by atoms with E-state index in [1.807, 2.05) is 12.1 Å². The van der Waals surface area contributed by atoms with Crippen LogP contribution in [0.4, 0.5) is 68.2 Å². The Morgan fingerprint density at radius 1 is 0.131 bits per heavy atom. The van der Waals surface area contributed by atoms with Gasteiger partial charge in [0, 0.05) is 73.0 Å². The maximum Gasteiger partial charge on any atom is 0.159 e. The zero-order chi connectivity index (χ0) is 91.2. The highest BCUT2D eigenvalue weighted by Crippen LogP contribution is 2.49. The van der Waals surface area contributed by atoms with Crippen LogP contribution in [-0.2, 0) is 0 Å². The lowest BCUT2D eigenvalue weighted by Gasteiger charge is -2.27.